The van der Waals surface area contributed by atoms with E-state index in [-0.39, 0.29) is 29.5 Å². The van der Waals surface area contributed by atoms with Crippen LogP contribution in [0.4, 0.5) is 16.6 Å². The van der Waals surface area contributed by atoms with Crippen molar-refractivity contribution < 1.29 is 33.8 Å². The van der Waals surface area contributed by atoms with Crippen LogP contribution in [-0.2, 0) is 34.3 Å². The van der Waals surface area contributed by atoms with Crippen LogP contribution in [0, 0.1) is 12.8 Å². The Morgan fingerprint density at radius 1 is 0.849 bits per heavy atom. The molecular weight excluding hydrogens is 943 g/mol. The van der Waals surface area contributed by atoms with Crippen LogP contribution < -0.4 is 25.2 Å². The van der Waals surface area contributed by atoms with Crippen LogP contribution in [0.15, 0.2) is 91.0 Å². The molecule has 3 aliphatic heterocycles. The monoisotopic (exact) mass is 1000 g/mol. The van der Waals surface area contributed by atoms with Crippen molar-refractivity contribution in [1.82, 2.24) is 30.0 Å². The minimum absolute atomic E-state index is 0.0224. The lowest BCUT2D eigenvalue weighted by molar-refractivity contribution is -0.134. The lowest BCUT2D eigenvalue weighted by Crippen LogP contribution is -2.47. The minimum Gasteiger partial charge on any atom is -0.490 e. The van der Waals surface area contributed by atoms with Gasteiger partial charge >= 0.3 is 5.97 Å². The number of ether oxygens (including phenoxy) is 2. The number of amides is 3. The molecule has 16 nitrogen and oxygen atoms in total. The number of para-hydroxylation sites is 1. The van der Waals surface area contributed by atoms with Crippen molar-refractivity contribution in [3.8, 4) is 16.9 Å². The third-order valence-electron chi connectivity index (χ3n) is 15.1. The quantitative estimate of drug-likeness (QED) is 0.0699. The van der Waals surface area contributed by atoms with E-state index < -0.39 is 11.9 Å². The number of rotatable bonds is 14. The highest BCUT2D eigenvalue weighted by molar-refractivity contribution is 7.22. The van der Waals surface area contributed by atoms with Gasteiger partial charge in [0.1, 0.15) is 11.6 Å². The molecule has 3 N–H and O–H groups in total. The Hall–Kier alpha value is -7.21. The predicted octanol–water partition coefficient (Wildman–Crippen LogP) is 8.36. The standard InChI is InChI=1S/C56H59N9O7S/c1-34-30-39(15-17-40(34)41-18-20-49(58-52(41)55(69)70)65-23-22-36-6-5-7-42(45(36)32-65)53(67)60-56-57-46-8-3-4-9-48(46)73-56)72-38-13-10-35(11-14-38)33-71-29-28-63-24-26-64(27-25-63)37-12-16-43-47(31-37)62(2)61-51(43)44-19-21-50(66)59-54(44)68/h3-9,12,15-18,20,30-31,35,38,44H,10-11,13-14,19,21-29,32-33H2,1-2H3,(H,69,70)(H,57,60,67)(H,59,66,68). The lowest BCUT2D eigenvalue weighted by Gasteiger charge is -2.36. The zero-order valence-corrected chi connectivity index (χ0v) is 42.0. The van der Waals surface area contributed by atoms with Crippen LogP contribution in [0.1, 0.15) is 87.7 Å². The van der Waals surface area contributed by atoms with E-state index in [2.05, 4.69) is 43.6 Å². The number of pyridine rings is 1. The second-order valence-electron chi connectivity index (χ2n) is 19.8. The molecule has 4 aliphatic rings. The number of nitrogens with zero attached hydrogens (tertiary/aromatic N) is 7. The number of hydrogen-bond acceptors (Lipinski definition) is 13. The number of nitrogens with one attached hydrogen (secondary N) is 2. The van der Waals surface area contributed by atoms with Crippen molar-refractivity contribution in [3.05, 3.63) is 125 Å². The first-order valence-electron chi connectivity index (χ1n) is 25.4. The number of aryl methyl sites for hydroxylation is 2. The number of anilines is 3. The summed E-state index contributed by atoms with van der Waals surface area (Å²) in [6, 6.07) is 29.5. The Kier molecular flexibility index (Phi) is 13.6. The van der Waals surface area contributed by atoms with Crippen molar-refractivity contribution in [2.24, 2.45) is 13.0 Å². The van der Waals surface area contributed by atoms with Crippen LogP contribution >= 0.6 is 11.3 Å². The fourth-order valence-corrected chi connectivity index (χ4v) is 11.9. The molecule has 1 unspecified atom stereocenters. The smallest absolute Gasteiger partial charge is 0.355 e. The van der Waals surface area contributed by atoms with Crippen molar-refractivity contribution in [3.63, 3.8) is 0 Å². The van der Waals surface area contributed by atoms with Crippen LogP contribution in [-0.4, -0.2) is 112 Å². The molecule has 3 aromatic heterocycles. The van der Waals surface area contributed by atoms with Crippen LogP contribution in [0.2, 0.25) is 0 Å². The summed E-state index contributed by atoms with van der Waals surface area (Å²) in [5.41, 5.74) is 8.45. The van der Waals surface area contributed by atoms with Gasteiger partial charge in [0.05, 0.1) is 40.1 Å². The summed E-state index contributed by atoms with van der Waals surface area (Å²) >= 11 is 1.43. The molecule has 6 heterocycles. The number of piperazine rings is 1. The fourth-order valence-electron chi connectivity index (χ4n) is 11.1. The number of hydrogen-bond donors (Lipinski definition) is 3. The topological polar surface area (TPSA) is 184 Å². The Morgan fingerprint density at radius 2 is 1.67 bits per heavy atom. The Balaban J connectivity index is 0.634. The number of aromatic carboxylic acids is 1. The molecule has 17 heteroatoms. The van der Waals surface area contributed by atoms with E-state index >= 15 is 0 Å². The number of carboxylic acids is 1. The molecule has 3 amide bonds. The van der Waals surface area contributed by atoms with Crippen LogP contribution in [0.25, 0.3) is 32.2 Å². The second kappa shape index (κ2) is 20.7. The van der Waals surface area contributed by atoms with E-state index in [4.69, 9.17) is 19.6 Å². The Bertz CT molecular complexity index is 3210. The molecule has 0 spiro atoms. The van der Waals surface area contributed by atoms with Gasteiger partial charge in [-0.25, -0.2) is 14.8 Å². The summed E-state index contributed by atoms with van der Waals surface area (Å²) in [6.07, 6.45) is 5.58. The number of thiazole rings is 1. The third kappa shape index (κ3) is 10.3. The van der Waals surface area contributed by atoms with Crippen molar-refractivity contribution in [2.75, 3.05) is 67.6 Å². The number of aromatic nitrogens is 4. The van der Waals surface area contributed by atoms with E-state index in [0.29, 0.717) is 67.0 Å². The summed E-state index contributed by atoms with van der Waals surface area (Å²) in [7, 11) is 1.91. The van der Waals surface area contributed by atoms with Gasteiger partial charge in [0.2, 0.25) is 11.8 Å². The minimum atomic E-state index is -1.11. The Morgan fingerprint density at radius 3 is 2.47 bits per heavy atom. The fraction of sp³-hybridized carbons (Fsp3) is 0.375. The van der Waals surface area contributed by atoms with E-state index in [1.165, 1.54) is 11.3 Å². The Labute approximate surface area is 427 Å². The van der Waals surface area contributed by atoms with Gasteiger partial charge in [0, 0.05) is 88.1 Å². The molecule has 1 atom stereocenters. The van der Waals surface area contributed by atoms with Gasteiger partial charge in [-0.2, -0.15) is 5.10 Å². The molecular formula is C56H59N9O7S. The van der Waals surface area contributed by atoms with Gasteiger partial charge < -0.3 is 24.4 Å². The highest BCUT2D eigenvalue weighted by Gasteiger charge is 2.32. The molecule has 3 fully saturated rings. The van der Waals surface area contributed by atoms with E-state index in [1.54, 1.807) is 0 Å². The zero-order valence-electron chi connectivity index (χ0n) is 41.1. The predicted molar refractivity (Wildman–Crippen MR) is 282 cm³/mol. The number of imide groups is 1. The largest absolute Gasteiger partial charge is 0.490 e. The number of benzene rings is 4. The molecule has 4 aromatic carbocycles. The van der Waals surface area contributed by atoms with E-state index in [0.717, 1.165) is 126 Å². The van der Waals surface area contributed by atoms with Crippen LogP contribution in [0.3, 0.4) is 0 Å². The molecule has 1 aliphatic carbocycles. The average Bonchev–Trinajstić information content (AvgIpc) is 3.97. The SMILES string of the molecule is Cc1cc(OC2CCC(COCCN3CCN(c4ccc5c(C6CCC(=O)NC6=O)nn(C)c5c4)CC3)CC2)ccc1-c1ccc(N2CCc3cccc(C(=O)Nc4nc5ccccc5s4)c3C2)nc1C(=O)O. The maximum Gasteiger partial charge on any atom is 0.355 e. The summed E-state index contributed by atoms with van der Waals surface area (Å²) in [6.45, 7) is 9.11. The van der Waals surface area contributed by atoms with Gasteiger partial charge in [-0.3, -0.25) is 34.6 Å². The molecule has 2 saturated heterocycles. The maximum absolute atomic E-state index is 13.6. The zero-order chi connectivity index (χ0) is 50.2. The first-order chi connectivity index (χ1) is 35.5. The summed E-state index contributed by atoms with van der Waals surface area (Å²) < 4.78 is 15.6. The van der Waals surface area contributed by atoms with Gasteiger partial charge in [0.15, 0.2) is 10.8 Å². The van der Waals surface area contributed by atoms with Gasteiger partial charge in [-0.1, -0.05) is 41.7 Å². The average molecular weight is 1000 g/mol. The van der Waals surface area contributed by atoms with Gasteiger partial charge in [-0.05, 0) is 134 Å². The number of carboxylic acid groups (broad SMARTS) is 1. The number of fused-ring (bicyclic) bond motifs is 3. The first kappa shape index (κ1) is 48.1. The summed E-state index contributed by atoms with van der Waals surface area (Å²) in [4.78, 5) is 66.9. The molecule has 11 rings (SSSR count). The summed E-state index contributed by atoms with van der Waals surface area (Å²) in [5.74, 6) is -0.420. The molecule has 73 heavy (non-hydrogen) atoms. The first-order valence-corrected chi connectivity index (χ1v) is 26.2. The van der Waals surface area contributed by atoms with Crippen LogP contribution in [0.5, 0.6) is 5.75 Å². The van der Waals surface area contributed by atoms with E-state index in [9.17, 15) is 24.3 Å². The van der Waals surface area contributed by atoms with Gasteiger partial charge in [0.25, 0.3) is 5.91 Å². The maximum atomic E-state index is 13.6. The number of carbonyl (C=O) groups excluding carboxylic acids is 3. The van der Waals surface area contributed by atoms with Crippen molar-refractivity contribution >= 4 is 72.8 Å². The molecule has 0 radical (unpaired) electrons. The lowest BCUT2D eigenvalue weighted by atomic mass is 9.88. The summed E-state index contributed by atoms with van der Waals surface area (Å²) in [5, 5.41) is 22.1. The second-order valence-corrected chi connectivity index (χ2v) is 20.8. The highest BCUT2D eigenvalue weighted by atomic mass is 32.1. The highest BCUT2D eigenvalue weighted by Crippen LogP contribution is 2.36. The van der Waals surface area contributed by atoms with Gasteiger partial charge in [-0.15, -0.1) is 0 Å². The third-order valence-corrected chi connectivity index (χ3v) is 16.1. The van der Waals surface area contributed by atoms with E-state index in [1.807, 2.05) is 96.3 Å². The molecule has 7 aromatic rings. The molecule has 1 saturated carbocycles. The normalized spacial score (nSPS) is 19.5. The molecule has 376 valence electrons. The van der Waals surface area contributed by atoms with Crippen molar-refractivity contribution in [2.45, 2.75) is 70.4 Å². The number of carbonyl (C=O) groups is 4. The number of piperidine rings is 1. The molecule has 0 bridgehead atoms. The van der Waals surface area contributed by atoms with Crippen molar-refractivity contribution in [1.29, 1.82) is 0 Å².